The summed E-state index contributed by atoms with van der Waals surface area (Å²) in [5, 5.41) is 5.24. The van der Waals surface area contributed by atoms with E-state index < -0.39 is 0 Å². The summed E-state index contributed by atoms with van der Waals surface area (Å²) in [6.45, 7) is 15.8. The van der Waals surface area contributed by atoms with Gasteiger partial charge in [-0.25, -0.2) is 9.98 Å². The number of nitrogens with zero attached hydrogens (tertiary/aromatic N) is 4. The van der Waals surface area contributed by atoms with Crippen LogP contribution in [0, 0.1) is 11.8 Å². The Bertz CT molecular complexity index is 1070. The van der Waals surface area contributed by atoms with Crippen LogP contribution in [0.1, 0.15) is 59.2 Å². The number of aromatic amines is 1. The number of allylic oxidation sites excluding steroid dienone is 4. The van der Waals surface area contributed by atoms with Crippen LogP contribution in [0.15, 0.2) is 27.3 Å². The summed E-state index contributed by atoms with van der Waals surface area (Å²) in [7, 11) is 2.22. The Hall–Kier alpha value is -2.47. The van der Waals surface area contributed by atoms with Crippen molar-refractivity contribution in [3.63, 3.8) is 0 Å². The molecule has 0 spiro atoms. The Morgan fingerprint density at radius 3 is 2.71 bits per heavy atom. The molecule has 2 aliphatic heterocycles. The molecule has 1 aliphatic carbocycles. The fourth-order valence-electron chi connectivity index (χ4n) is 4.78. The SMILES string of the molecule is C=c1[nH]c(C2=C3NC(=NCCCC4CCN(C)CC4)N=C(C)[C@H]32)n/c1=C(\C)C=C(C)C. The van der Waals surface area contributed by atoms with Gasteiger partial charge in [-0.05, 0) is 85.0 Å². The Balaban J connectivity index is 1.41. The zero-order chi connectivity index (χ0) is 22.1. The number of imidazole rings is 1. The van der Waals surface area contributed by atoms with E-state index in [9.17, 15) is 0 Å². The zero-order valence-electron chi connectivity index (χ0n) is 19.7. The molecule has 31 heavy (non-hydrogen) atoms. The van der Waals surface area contributed by atoms with Crippen molar-refractivity contribution < 1.29 is 0 Å². The summed E-state index contributed by atoms with van der Waals surface area (Å²) < 4.78 is 0. The van der Waals surface area contributed by atoms with Crippen LogP contribution in [-0.4, -0.2) is 53.2 Å². The number of rotatable bonds is 6. The quantitative estimate of drug-likeness (QED) is 0.696. The number of fused-ring (bicyclic) bond motifs is 1. The molecule has 0 bridgehead atoms. The van der Waals surface area contributed by atoms with E-state index in [1.807, 2.05) is 0 Å². The third-order valence-corrected chi connectivity index (χ3v) is 6.51. The maximum absolute atomic E-state index is 4.85. The van der Waals surface area contributed by atoms with Gasteiger partial charge in [-0.1, -0.05) is 18.2 Å². The predicted octanol–water partition coefficient (Wildman–Crippen LogP) is 2.84. The number of piperidine rings is 1. The van der Waals surface area contributed by atoms with Crippen molar-refractivity contribution in [1.29, 1.82) is 0 Å². The van der Waals surface area contributed by atoms with Crippen LogP contribution >= 0.6 is 0 Å². The second kappa shape index (κ2) is 8.95. The van der Waals surface area contributed by atoms with E-state index in [4.69, 9.17) is 15.0 Å². The maximum Gasteiger partial charge on any atom is 0.222 e. The van der Waals surface area contributed by atoms with Crippen LogP contribution in [0.3, 0.4) is 0 Å². The van der Waals surface area contributed by atoms with Gasteiger partial charge in [0.05, 0.1) is 16.6 Å². The predicted molar refractivity (Wildman–Crippen MR) is 130 cm³/mol. The van der Waals surface area contributed by atoms with E-state index in [2.05, 4.69) is 62.6 Å². The van der Waals surface area contributed by atoms with Crippen LogP contribution in [0.5, 0.6) is 0 Å². The number of likely N-dealkylation sites (tertiary alicyclic amines) is 1. The average molecular weight is 421 g/mol. The van der Waals surface area contributed by atoms with Crippen molar-refractivity contribution in [2.75, 3.05) is 26.7 Å². The zero-order valence-corrected chi connectivity index (χ0v) is 19.7. The number of hydrogen-bond donors (Lipinski definition) is 2. The van der Waals surface area contributed by atoms with Gasteiger partial charge < -0.3 is 15.2 Å². The largest absolute Gasteiger partial charge is 0.339 e. The normalized spacial score (nSPS) is 24.0. The van der Waals surface area contributed by atoms with Crippen molar-refractivity contribution in [1.82, 2.24) is 20.2 Å². The molecule has 1 fully saturated rings. The third kappa shape index (κ3) is 4.90. The fraction of sp³-hybridized carbons (Fsp3) is 0.560. The summed E-state index contributed by atoms with van der Waals surface area (Å²) in [6, 6.07) is 0. The van der Waals surface area contributed by atoms with Crippen molar-refractivity contribution in [2.45, 2.75) is 53.4 Å². The van der Waals surface area contributed by atoms with E-state index in [0.717, 1.165) is 52.7 Å². The number of nitrogens with one attached hydrogen (secondary N) is 2. The highest BCUT2D eigenvalue weighted by Crippen LogP contribution is 2.46. The summed E-state index contributed by atoms with van der Waals surface area (Å²) in [5.74, 6) is 2.74. The smallest absolute Gasteiger partial charge is 0.222 e. The minimum atomic E-state index is 0.236. The molecule has 1 aromatic heterocycles. The lowest BCUT2D eigenvalue weighted by molar-refractivity contribution is 0.211. The van der Waals surface area contributed by atoms with Gasteiger partial charge in [-0.3, -0.25) is 4.99 Å². The van der Waals surface area contributed by atoms with Crippen LogP contribution in [-0.2, 0) is 0 Å². The lowest BCUT2D eigenvalue weighted by Gasteiger charge is -2.28. The van der Waals surface area contributed by atoms with Gasteiger partial charge in [0, 0.05) is 23.5 Å². The number of guanidine groups is 1. The molecule has 2 N–H and O–H groups in total. The van der Waals surface area contributed by atoms with Gasteiger partial charge in [-0.15, -0.1) is 0 Å². The van der Waals surface area contributed by atoms with Crippen LogP contribution in [0.2, 0.25) is 0 Å². The molecule has 0 amide bonds. The molecule has 1 aromatic rings. The standard InChI is InChI=1S/C25H36N6/c1-15(2)14-16(3)22-18(5)27-24(29-22)21-20-17(4)28-25(30-23(20)21)26-11-7-8-19-9-12-31(6)13-10-19/h14,19-20H,5,7-13H2,1-4,6H3,(H,26,30)(H,27,29)/b22-16+/t20-/m0/s1. The number of H-pyrrole nitrogens is 1. The highest BCUT2D eigenvalue weighted by atomic mass is 15.2. The van der Waals surface area contributed by atoms with Gasteiger partial charge in [0.15, 0.2) is 0 Å². The van der Waals surface area contributed by atoms with Crippen molar-refractivity contribution >= 4 is 29.4 Å². The van der Waals surface area contributed by atoms with E-state index in [0.29, 0.717) is 0 Å². The molecule has 4 rings (SSSR count). The Kier molecular flexibility index (Phi) is 6.28. The summed E-state index contributed by atoms with van der Waals surface area (Å²) in [6.07, 6.45) is 7.20. The van der Waals surface area contributed by atoms with Gasteiger partial charge in [0.1, 0.15) is 5.82 Å². The first-order valence-electron chi connectivity index (χ1n) is 11.5. The van der Waals surface area contributed by atoms with Crippen LogP contribution in [0.25, 0.3) is 17.7 Å². The van der Waals surface area contributed by atoms with Crippen molar-refractivity contribution in [3.05, 3.63) is 33.9 Å². The van der Waals surface area contributed by atoms with Crippen LogP contribution in [0.4, 0.5) is 0 Å². The van der Waals surface area contributed by atoms with Crippen LogP contribution < -0.4 is 16.0 Å². The molecule has 3 aliphatic rings. The highest BCUT2D eigenvalue weighted by Gasteiger charge is 2.44. The average Bonchev–Trinajstić information content (AvgIpc) is 3.31. The van der Waals surface area contributed by atoms with E-state index in [-0.39, 0.29) is 5.92 Å². The Morgan fingerprint density at radius 1 is 1.26 bits per heavy atom. The second-order valence-electron chi connectivity index (χ2n) is 9.55. The minimum absolute atomic E-state index is 0.236. The number of aliphatic imine (C=N–C) groups is 2. The third-order valence-electron chi connectivity index (χ3n) is 6.51. The van der Waals surface area contributed by atoms with E-state index in [1.165, 1.54) is 49.2 Å². The lowest BCUT2D eigenvalue weighted by atomic mass is 9.92. The summed E-state index contributed by atoms with van der Waals surface area (Å²) in [4.78, 5) is 20.1. The summed E-state index contributed by atoms with van der Waals surface area (Å²) >= 11 is 0. The Labute approximate surface area is 185 Å². The topological polar surface area (TPSA) is 68.7 Å². The molecule has 1 saturated heterocycles. The first kappa shape index (κ1) is 21.8. The number of hydrogen-bond acceptors (Lipinski definition) is 3. The monoisotopic (exact) mass is 420 g/mol. The lowest BCUT2D eigenvalue weighted by Crippen LogP contribution is -2.30. The van der Waals surface area contributed by atoms with E-state index in [1.54, 1.807) is 0 Å². The van der Waals surface area contributed by atoms with Crippen molar-refractivity contribution in [3.8, 4) is 0 Å². The molecule has 6 nitrogen and oxygen atoms in total. The van der Waals surface area contributed by atoms with Gasteiger partial charge in [0.2, 0.25) is 5.96 Å². The molecule has 1 atom stereocenters. The maximum atomic E-state index is 4.85. The van der Waals surface area contributed by atoms with Crippen molar-refractivity contribution in [2.24, 2.45) is 21.8 Å². The first-order valence-corrected chi connectivity index (χ1v) is 11.5. The second-order valence-corrected chi connectivity index (χ2v) is 9.55. The Morgan fingerprint density at radius 2 is 2.00 bits per heavy atom. The minimum Gasteiger partial charge on any atom is -0.339 e. The highest BCUT2D eigenvalue weighted by molar-refractivity contribution is 6.15. The molecule has 0 aromatic carbocycles. The molecule has 166 valence electrons. The first-order chi connectivity index (χ1) is 14.8. The molecule has 3 heterocycles. The number of aromatic nitrogens is 2. The molecular formula is C25H36N6. The van der Waals surface area contributed by atoms with Gasteiger partial charge in [0.25, 0.3) is 0 Å². The van der Waals surface area contributed by atoms with Gasteiger partial charge in [-0.2, -0.15) is 0 Å². The van der Waals surface area contributed by atoms with Gasteiger partial charge >= 0.3 is 0 Å². The molecule has 0 radical (unpaired) electrons. The fourth-order valence-corrected chi connectivity index (χ4v) is 4.78. The molecular weight excluding hydrogens is 384 g/mol. The molecule has 0 unspecified atom stereocenters. The van der Waals surface area contributed by atoms with E-state index >= 15 is 0 Å². The summed E-state index contributed by atoms with van der Waals surface area (Å²) in [5.41, 5.74) is 5.85. The molecule has 6 heteroatoms. The molecule has 0 saturated carbocycles.